The molecule has 0 aliphatic carbocycles. The maximum atomic E-state index is 10.5. The highest BCUT2D eigenvalue weighted by Crippen LogP contribution is 2.23. The van der Waals surface area contributed by atoms with Crippen LogP contribution < -0.4 is 5.73 Å². The van der Waals surface area contributed by atoms with E-state index >= 15 is 0 Å². The first-order valence-corrected chi connectivity index (χ1v) is 5.76. The SMILES string of the molecule is N#Cc1c(Cc2ccc([N+](=O)[O-])cc2)nsc1N. The minimum atomic E-state index is -0.453. The Kier molecular flexibility index (Phi) is 3.21. The van der Waals surface area contributed by atoms with E-state index in [-0.39, 0.29) is 5.69 Å². The number of benzene rings is 1. The number of nitrogens with two attached hydrogens (primary N) is 1. The van der Waals surface area contributed by atoms with E-state index in [1.165, 1.54) is 12.1 Å². The summed E-state index contributed by atoms with van der Waals surface area (Å²) in [5, 5.41) is 19.8. The molecule has 2 rings (SSSR count). The quantitative estimate of drug-likeness (QED) is 0.671. The molecule has 2 N–H and O–H groups in total. The number of anilines is 1. The van der Waals surface area contributed by atoms with Crippen molar-refractivity contribution in [2.75, 3.05) is 5.73 Å². The van der Waals surface area contributed by atoms with Gasteiger partial charge in [0.2, 0.25) is 0 Å². The Bertz CT molecular complexity index is 627. The highest BCUT2D eigenvalue weighted by Gasteiger charge is 2.12. The third kappa shape index (κ3) is 2.28. The third-order valence-corrected chi connectivity index (χ3v) is 3.13. The average molecular weight is 260 g/mol. The zero-order valence-corrected chi connectivity index (χ0v) is 9.98. The molecule has 0 amide bonds. The predicted octanol–water partition coefficient (Wildman–Crippen LogP) is 2.10. The van der Waals surface area contributed by atoms with Gasteiger partial charge in [0.15, 0.2) is 0 Å². The summed E-state index contributed by atoms with van der Waals surface area (Å²) in [5.74, 6) is 0. The van der Waals surface area contributed by atoms with E-state index in [1.807, 2.05) is 6.07 Å². The normalized spacial score (nSPS) is 9.94. The Hall–Kier alpha value is -2.46. The largest absolute Gasteiger partial charge is 0.388 e. The molecule has 0 fully saturated rings. The van der Waals surface area contributed by atoms with Gasteiger partial charge in [-0.2, -0.15) is 9.64 Å². The number of aromatic nitrogens is 1. The average Bonchev–Trinajstić information content (AvgIpc) is 2.70. The summed E-state index contributed by atoms with van der Waals surface area (Å²) in [5.41, 5.74) is 7.49. The molecule has 2 aromatic rings. The smallest absolute Gasteiger partial charge is 0.269 e. The Morgan fingerprint density at radius 1 is 1.44 bits per heavy atom. The second-order valence-corrected chi connectivity index (χ2v) is 4.39. The number of rotatable bonds is 3. The molecule has 18 heavy (non-hydrogen) atoms. The Balaban J connectivity index is 2.24. The van der Waals surface area contributed by atoms with Gasteiger partial charge in [0.05, 0.1) is 10.6 Å². The summed E-state index contributed by atoms with van der Waals surface area (Å²) in [4.78, 5) is 10.1. The predicted molar refractivity (Wildman–Crippen MR) is 67.1 cm³/mol. The van der Waals surface area contributed by atoms with Crippen LogP contribution in [0.5, 0.6) is 0 Å². The van der Waals surface area contributed by atoms with Crippen LogP contribution in [-0.4, -0.2) is 9.30 Å². The molecule has 1 aromatic carbocycles. The standard InChI is InChI=1S/C11H8N4O2S/c12-6-9-10(14-18-11(9)13)5-7-1-3-8(4-2-7)15(16)17/h1-4H,5,13H2. The molecular weight excluding hydrogens is 252 g/mol. The zero-order chi connectivity index (χ0) is 13.1. The molecule has 1 aromatic heterocycles. The molecule has 6 nitrogen and oxygen atoms in total. The van der Waals surface area contributed by atoms with Crippen molar-refractivity contribution >= 4 is 22.2 Å². The number of hydrogen-bond donors (Lipinski definition) is 1. The molecule has 0 atom stereocenters. The fourth-order valence-corrected chi connectivity index (χ4v) is 2.13. The van der Waals surface area contributed by atoms with Crippen molar-refractivity contribution in [1.82, 2.24) is 4.37 Å². The van der Waals surface area contributed by atoms with E-state index in [2.05, 4.69) is 4.37 Å². The number of hydrogen-bond acceptors (Lipinski definition) is 6. The topological polar surface area (TPSA) is 106 Å². The molecule has 1 heterocycles. The van der Waals surface area contributed by atoms with Gasteiger partial charge in [0, 0.05) is 18.6 Å². The molecule has 0 spiro atoms. The van der Waals surface area contributed by atoms with Gasteiger partial charge in [0.25, 0.3) is 5.69 Å². The molecule has 0 saturated heterocycles. The number of nitrogen functional groups attached to an aromatic ring is 1. The third-order valence-electron chi connectivity index (χ3n) is 2.42. The van der Waals surface area contributed by atoms with E-state index in [0.717, 1.165) is 17.1 Å². The molecule has 7 heteroatoms. The number of nitro groups is 1. The first kappa shape index (κ1) is 12.0. The summed E-state index contributed by atoms with van der Waals surface area (Å²) >= 11 is 1.08. The Morgan fingerprint density at radius 2 is 2.11 bits per heavy atom. The second kappa shape index (κ2) is 4.81. The van der Waals surface area contributed by atoms with Crippen LogP contribution in [0.1, 0.15) is 16.8 Å². The van der Waals surface area contributed by atoms with Gasteiger partial charge in [-0.05, 0) is 17.1 Å². The number of nitriles is 1. The van der Waals surface area contributed by atoms with Gasteiger partial charge < -0.3 is 5.73 Å². The molecule has 0 radical (unpaired) electrons. The lowest BCUT2D eigenvalue weighted by molar-refractivity contribution is -0.384. The fraction of sp³-hybridized carbons (Fsp3) is 0.0909. The number of non-ortho nitro benzene ring substituents is 1. The molecule has 0 saturated carbocycles. The van der Waals surface area contributed by atoms with E-state index in [9.17, 15) is 10.1 Å². The first-order chi connectivity index (χ1) is 8.61. The highest BCUT2D eigenvalue weighted by atomic mass is 32.1. The molecule has 0 aliphatic rings. The van der Waals surface area contributed by atoms with Crippen molar-refractivity contribution in [3.8, 4) is 6.07 Å². The summed E-state index contributed by atoms with van der Waals surface area (Å²) < 4.78 is 4.10. The highest BCUT2D eigenvalue weighted by molar-refractivity contribution is 7.10. The lowest BCUT2D eigenvalue weighted by Gasteiger charge is -1.98. The van der Waals surface area contributed by atoms with E-state index in [0.29, 0.717) is 22.7 Å². The zero-order valence-electron chi connectivity index (χ0n) is 9.16. The van der Waals surface area contributed by atoms with Crippen LogP contribution in [0.25, 0.3) is 0 Å². The Morgan fingerprint density at radius 3 is 2.67 bits per heavy atom. The molecule has 0 bridgehead atoms. The minimum Gasteiger partial charge on any atom is -0.388 e. The molecular formula is C11H8N4O2S. The van der Waals surface area contributed by atoms with Crippen molar-refractivity contribution < 1.29 is 4.92 Å². The monoisotopic (exact) mass is 260 g/mol. The second-order valence-electron chi connectivity index (χ2n) is 3.58. The lowest BCUT2D eigenvalue weighted by atomic mass is 10.1. The van der Waals surface area contributed by atoms with E-state index < -0.39 is 4.92 Å². The van der Waals surface area contributed by atoms with Crippen LogP contribution in [0.3, 0.4) is 0 Å². The van der Waals surface area contributed by atoms with Gasteiger partial charge in [-0.1, -0.05) is 12.1 Å². The number of nitrogens with zero attached hydrogens (tertiary/aromatic N) is 3. The van der Waals surface area contributed by atoms with Crippen LogP contribution in [0.4, 0.5) is 10.7 Å². The van der Waals surface area contributed by atoms with Crippen LogP contribution in [0, 0.1) is 21.4 Å². The fourth-order valence-electron chi connectivity index (χ4n) is 1.51. The van der Waals surface area contributed by atoms with Crippen molar-refractivity contribution in [2.24, 2.45) is 0 Å². The van der Waals surface area contributed by atoms with Gasteiger partial charge >= 0.3 is 0 Å². The van der Waals surface area contributed by atoms with Gasteiger partial charge in [-0.25, -0.2) is 0 Å². The summed E-state index contributed by atoms with van der Waals surface area (Å²) in [7, 11) is 0. The van der Waals surface area contributed by atoms with Crippen molar-refractivity contribution in [3.63, 3.8) is 0 Å². The number of nitro benzene ring substituents is 1. The molecule has 0 unspecified atom stereocenters. The van der Waals surface area contributed by atoms with Crippen LogP contribution in [0.15, 0.2) is 24.3 Å². The van der Waals surface area contributed by atoms with Crippen LogP contribution >= 0.6 is 11.5 Å². The summed E-state index contributed by atoms with van der Waals surface area (Å²) in [6.45, 7) is 0. The van der Waals surface area contributed by atoms with Crippen molar-refractivity contribution in [2.45, 2.75) is 6.42 Å². The summed E-state index contributed by atoms with van der Waals surface area (Å²) in [6.07, 6.45) is 0.439. The molecule has 90 valence electrons. The van der Waals surface area contributed by atoms with Gasteiger partial charge in [-0.3, -0.25) is 10.1 Å². The van der Waals surface area contributed by atoms with Crippen molar-refractivity contribution in [1.29, 1.82) is 5.26 Å². The van der Waals surface area contributed by atoms with Crippen LogP contribution in [-0.2, 0) is 6.42 Å². The molecule has 0 aliphatic heterocycles. The van der Waals surface area contributed by atoms with Gasteiger partial charge in [0.1, 0.15) is 16.6 Å². The van der Waals surface area contributed by atoms with Crippen LogP contribution in [0.2, 0.25) is 0 Å². The maximum Gasteiger partial charge on any atom is 0.269 e. The first-order valence-electron chi connectivity index (χ1n) is 4.99. The van der Waals surface area contributed by atoms with Crippen molar-refractivity contribution in [3.05, 3.63) is 51.2 Å². The van der Waals surface area contributed by atoms with Gasteiger partial charge in [-0.15, -0.1) is 0 Å². The maximum absolute atomic E-state index is 10.5. The minimum absolute atomic E-state index is 0.0389. The van der Waals surface area contributed by atoms with E-state index in [4.69, 9.17) is 11.0 Å². The Labute approximate surface area is 107 Å². The van der Waals surface area contributed by atoms with E-state index in [1.54, 1.807) is 12.1 Å². The lowest BCUT2D eigenvalue weighted by Crippen LogP contribution is -1.94. The summed E-state index contributed by atoms with van der Waals surface area (Å²) in [6, 6.07) is 8.16.